The molecular formula is C25H32N6O2. The summed E-state index contributed by atoms with van der Waals surface area (Å²) < 4.78 is 12.7. The van der Waals surface area contributed by atoms with Crippen molar-refractivity contribution in [1.29, 1.82) is 0 Å². The van der Waals surface area contributed by atoms with Crippen LogP contribution in [-0.4, -0.2) is 61.0 Å². The molecule has 0 amide bonds. The molecule has 1 saturated heterocycles. The van der Waals surface area contributed by atoms with Gasteiger partial charge in [-0.05, 0) is 42.3 Å². The molecule has 174 valence electrons. The monoisotopic (exact) mass is 448 g/mol. The predicted molar refractivity (Wildman–Crippen MR) is 130 cm³/mol. The SMILES string of the molecule is CN=C(NCc1ccn(-c2ccccc2)n1)NC1CCN(Cc2cc(OC)cc(OC)c2)C1. The molecule has 0 spiro atoms. The average Bonchev–Trinajstić information content (AvgIpc) is 3.51. The highest BCUT2D eigenvalue weighted by Crippen LogP contribution is 2.24. The zero-order valence-corrected chi connectivity index (χ0v) is 19.5. The first-order valence-electron chi connectivity index (χ1n) is 11.2. The van der Waals surface area contributed by atoms with E-state index in [1.165, 1.54) is 5.56 Å². The van der Waals surface area contributed by atoms with E-state index in [1.807, 2.05) is 53.3 Å². The second kappa shape index (κ2) is 10.9. The summed E-state index contributed by atoms with van der Waals surface area (Å²) in [4.78, 5) is 6.83. The highest BCUT2D eigenvalue weighted by molar-refractivity contribution is 5.79. The van der Waals surface area contributed by atoms with Crippen molar-refractivity contribution in [3.8, 4) is 17.2 Å². The molecule has 1 aliphatic heterocycles. The van der Waals surface area contributed by atoms with E-state index in [-0.39, 0.29) is 0 Å². The summed E-state index contributed by atoms with van der Waals surface area (Å²) in [5, 5.41) is 11.6. The quantitative estimate of drug-likeness (QED) is 0.408. The van der Waals surface area contributed by atoms with Crippen molar-refractivity contribution in [3.05, 3.63) is 72.1 Å². The Morgan fingerprint density at radius 3 is 2.55 bits per heavy atom. The van der Waals surface area contributed by atoms with Gasteiger partial charge >= 0.3 is 0 Å². The predicted octanol–water partition coefficient (Wildman–Crippen LogP) is 2.83. The van der Waals surface area contributed by atoms with Crippen LogP contribution in [-0.2, 0) is 13.1 Å². The number of hydrogen-bond acceptors (Lipinski definition) is 5. The minimum atomic E-state index is 0.338. The van der Waals surface area contributed by atoms with Crippen molar-refractivity contribution in [1.82, 2.24) is 25.3 Å². The van der Waals surface area contributed by atoms with Crippen molar-refractivity contribution >= 4 is 5.96 Å². The number of nitrogens with one attached hydrogen (secondary N) is 2. The van der Waals surface area contributed by atoms with Gasteiger partial charge in [-0.1, -0.05) is 18.2 Å². The van der Waals surface area contributed by atoms with Crippen LogP contribution in [0.5, 0.6) is 11.5 Å². The zero-order valence-electron chi connectivity index (χ0n) is 19.5. The molecule has 1 unspecified atom stereocenters. The van der Waals surface area contributed by atoms with E-state index in [2.05, 4.69) is 37.8 Å². The summed E-state index contributed by atoms with van der Waals surface area (Å²) in [5.41, 5.74) is 3.19. The molecule has 2 heterocycles. The molecule has 1 aliphatic rings. The van der Waals surface area contributed by atoms with Crippen LogP contribution in [0, 0.1) is 0 Å². The highest BCUT2D eigenvalue weighted by Gasteiger charge is 2.23. The molecule has 0 radical (unpaired) electrons. The summed E-state index contributed by atoms with van der Waals surface area (Å²) in [6, 6.07) is 18.5. The van der Waals surface area contributed by atoms with Gasteiger partial charge in [-0.25, -0.2) is 4.68 Å². The van der Waals surface area contributed by atoms with Gasteiger partial charge < -0.3 is 20.1 Å². The molecule has 4 rings (SSSR count). The number of para-hydroxylation sites is 1. The van der Waals surface area contributed by atoms with Crippen LogP contribution in [0.4, 0.5) is 0 Å². The van der Waals surface area contributed by atoms with Crippen LogP contribution in [0.3, 0.4) is 0 Å². The van der Waals surface area contributed by atoms with Gasteiger partial charge in [-0.3, -0.25) is 9.89 Å². The third-order valence-electron chi connectivity index (χ3n) is 5.76. The van der Waals surface area contributed by atoms with Crippen molar-refractivity contribution in [2.45, 2.75) is 25.6 Å². The van der Waals surface area contributed by atoms with E-state index in [0.29, 0.717) is 12.6 Å². The number of aromatic nitrogens is 2. The number of likely N-dealkylation sites (tertiary alicyclic amines) is 1. The van der Waals surface area contributed by atoms with Crippen LogP contribution < -0.4 is 20.1 Å². The van der Waals surface area contributed by atoms with Gasteiger partial charge in [0, 0.05) is 45.0 Å². The van der Waals surface area contributed by atoms with Crippen molar-refractivity contribution in [2.75, 3.05) is 34.4 Å². The number of ether oxygens (including phenoxy) is 2. The minimum Gasteiger partial charge on any atom is -0.497 e. The maximum Gasteiger partial charge on any atom is 0.191 e. The van der Waals surface area contributed by atoms with Crippen LogP contribution in [0.2, 0.25) is 0 Å². The number of nitrogens with zero attached hydrogens (tertiary/aromatic N) is 4. The fraction of sp³-hybridized carbons (Fsp3) is 0.360. The van der Waals surface area contributed by atoms with E-state index in [0.717, 1.165) is 54.9 Å². The molecule has 0 bridgehead atoms. The lowest BCUT2D eigenvalue weighted by Gasteiger charge is -2.19. The normalized spacial score (nSPS) is 16.6. The van der Waals surface area contributed by atoms with Crippen molar-refractivity contribution < 1.29 is 9.47 Å². The van der Waals surface area contributed by atoms with Gasteiger partial charge in [0.15, 0.2) is 5.96 Å². The number of aliphatic imine (C=N–C) groups is 1. The summed E-state index contributed by atoms with van der Waals surface area (Å²) in [7, 11) is 5.16. The smallest absolute Gasteiger partial charge is 0.191 e. The number of guanidine groups is 1. The summed E-state index contributed by atoms with van der Waals surface area (Å²) in [5.74, 6) is 2.43. The van der Waals surface area contributed by atoms with Crippen molar-refractivity contribution in [3.63, 3.8) is 0 Å². The second-order valence-electron chi connectivity index (χ2n) is 8.10. The highest BCUT2D eigenvalue weighted by atomic mass is 16.5. The first kappa shape index (κ1) is 22.7. The Bertz CT molecular complexity index is 1040. The summed E-state index contributed by atoms with van der Waals surface area (Å²) in [6.45, 7) is 3.44. The third kappa shape index (κ3) is 6.04. The topological polar surface area (TPSA) is 75.9 Å². The van der Waals surface area contributed by atoms with Gasteiger partial charge in [-0.15, -0.1) is 0 Å². The molecule has 2 aromatic carbocycles. The van der Waals surface area contributed by atoms with Gasteiger partial charge in [0.05, 0.1) is 32.1 Å². The van der Waals surface area contributed by atoms with Gasteiger partial charge in [0.25, 0.3) is 0 Å². The third-order valence-corrected chi connectivity index (χ3v) is 5.76. The molecule has 8 nitrogen and oxygen atoms in total. The Morgan fingerprint density at radius 1 is 1.09 bits per heavy atom. The summed E-state index contributed by atoms with van der Waals surface area (Å²) in [6.07, 6.45) is 3.04. The van der Waals surface area contributed by atoms with Gasteiger partial charge in [0.2, 0.25) is 0 Å². The Hall–Kier alpha value is -3.52. The zero-order chi connectivity index (χ0) is 23.0. The lowest BCUT2D eigenvalue weighted by atomic mass is 10.2. The largest absolute Gasteiger partial charge is 0.497 e. The summed E-state index contributed by atoms with van der Waals surface area (Å²) >= 11 is 0. The molecule has 33 heavy (non-hydrogen) atoms. The fourth-order valence-electron chi connectivity index (χ4n) is 4.05. The van der Waals surface area contributed by atoms with Crippen molar-refractivity contribution in [2.24, 2.45) is 4.99 Å². The molecule has 1 fully saturated rings. The first-order valence-corrected chi connectivity index (χ1v) is 11.2. The Balaban J connectivity index is 1.27. The minimum absolute atomic E-state index is 0.338. The van der Waals surface area contributed by atoms with Crippen LogP contribution in [0.15, 0.2) is 65.8 Å². The van der Waals surface area contributed by atoms with Gasteiger partial charge in [-0.2, -0.15) is 5.10 Å². The molecule has 0 aliphatic carbocycles. The van der Waals surface area contributed by atoms with E-state index in [9.17, 15) is 0 Å². The maximum absolute atomic E-state index is 5.40. The lowest BCUT2D eigenvalue weighted by Crippen LogP contribution is -2.44. The molecule has 0 saturated carbocycles. The van der Waals surface area contributed by atoms with Crippen LogP contribution in [0.25, 0.3) is 5.69 Å². The molecule has 2 N–H and O–H groups in total. The Labute approximate surface area is 195 Å². The number of methoxy groups -OCH3 is 2. The number of benzene rings is 2. The van der Waals surface area contributed by atoms with E-state index in [1.54, 1.807) is 21.3 Å². The fourth-order valence-corrected chi connectivity index (χ4v) is 4.05. The van der Waals surface area contributed by atoms with Gasteiger partial charge in [0.1, 0.15) is 11.5 Å². The van der Waals surface area contributed by atoms with E-state index >= 15 is 0 Å². The van der Waals surface area contributed by atoms with E-state index in [4.69, 9.17) is 9.47 Å². The first-order chi connectivity index (χ1) is 16.2. The number of rotatable bonds is 8. The molecular weight excluding hydrogens is 416 g/mol. The Morgan fingerprint density at radius 2 is 1.85 bits per heavy atom. The molecule has 1 aromatic heterocycles. The average molecular weight is 449 g/mol. The Kier molecular flexibility index (Phi) is 7.47. The molecule has 3 aromatic rings. The molecule has 1 atom stereocenters. The van der Waals surface area contributed by atoms with Crippen LogP contribution in [0.1, 0.15) is 17.7 Å². The van der Waals surface area contributed by atoms with Crippen LogP contribution >= 0.6 is 0 Å². The standard InChI is InChI=1S/C25H32N6O2/c1-26-25(27-16-20-10-12-31(29-20)22-7-5-4-6-8-22)28-21-9-11-30(18-21)17-19-13-23(32-2)15-24(14-19)33-3/h4-8,10,12-15,21H,9,11,16-18H2,1-3H3,(H2,26,27,28). The lowest BCUT2D eigenvalue weighted by molar-refractivity contribution is 0.321. The second-order valence-corrected chi connectivity index (χ2v) is 8.10. The van der Waals surface area contributed by atoms with E-state index < -0.39 is 0 Å². The number of hydrogen-bond donors (Lipinski definition) is 2. The molecule has 8 heteroatoms. The maximum atomic E-state index is 5.40.